The zero-order valence-electron chi connectivity index (χ0n) is 16.8. The molecule has 1 saturated heterocycles. The predicted molar refractivity (Wildman–Crippen MR) is 108 cm³/mol. The van der Waals surface area contributed by atoms with Gasteiger partial charge in [0.05, 0.1) is 7.11 Å². The van der Waals surface area contributed by atoms with Crippen LogP contribution in [0.3, 0.4) is 0 Å². The Morgan fingerprint density at radius 1 is 1.11 bits per heavy atom. The monoisotopic (exact) mass is 376 g/mol. The SMILES string of the molecule is COc1ccc(CNCC2CC2)cc1OC[C@@H](O)CN1CCCCCCC1. The molecule has 2 N–H and O–H groups in total. The number of aliphatic hydroxyl groups is 1. The lowest BCUT2D eigenvalue weighted by Gasteiger charge is -2.26. The minimum atomic E-state index is -0.481. The van der Waals surface area contributed by atoms with Crippen LogP contribution in [0.1, 0.15) is 50.5 Å². The Labute approximate surface area is 164 Å². The smallest absolute Gasteiger partial charge is 0.161 e. The van der Waals surface area contributed by atoms with Gasteiger partial charge in [0.1, 0.15) is 12.7 Å². The molecule has 0 spiro atoms. The van der Waals surface area contributed by atoms with Gasteiger partial charge in [-0.15, -0.1) is 0 Å². The highest BCUT2D eigenvalue weighted by atomic mass is 16.5. The highest BCUT2D eigenvalue weighted by Crippen LogP contribution is 2.29. The maximum atomic E-state index is 10.4. The molecule has 1 aromatic carbocycles. The number of hydrogen-bond donors (Lipinski definition) is 2. The summed E-state index contributed by atoms with van der Waals surface area (Å²) in [5.41, 5.74) is 1.18. The Kier molecular flexibility index (Phi) is 8.24. The molecule has 2 aliphatic rings. The molecule has 5 nitrogen and oxygen atoms in total. The quantitative estimate of drug-likeness (QED) is 0.657. The summed E-state index contributed by atoms with van der Waals surface area (Å²) in [7, 11) is 1.66. The van der Waals surface area contributed by atoms with Crippen molar-refractivity contribution in [2.24, 2.45) is 5.92 Å². The second-order valence-corrected chi connectivity index (χ2v) is 8.09. The van der Waals surface area contributed by atoms with Crippen LogP contribution in [-0.4, -0.2) is 56.0 Å². The molecule has 1 heterocycles. The molecule has 3 rings (SSSR count). The van der Waals surface area contributed by atoms with E-state index in [0.29, 0.717) is 13.2 Å². The fourth-order valence-corrected chi connectivity index (χ4v) is 3.72. The number of rotatable bonds is 10. The average Bonchev–Trinajstić information content (AvgIpc) is 3.46. The van der Waals surface area contributed by atoms with E-state index in [1.807, 2.05) is 12.1 Å². The molecule has 0 aromatic heterocycles. The number of ether oxygens (including phenoxy) is 2. The van der Waals surface area contributed by atoms with Gasteiger partial charge in [0.2, 0.25) is 0 Å². The van der Waals surface area contributed by atoms with Gasteiger partial charge in [-0.3, -0.25) is 0 Å². The molecule has 27 heavy (non-hydrogen) atoms. The van der Waals surface area contributed by atoms with Gasteiger partial charge in [-0.25, -0.2) is 0 Å². The average molecular weight is 377 g/mol. The molecule has 152 valence electrons. The van der Waals surface area contributed by atoms with E-state index in [4.69, 9.17) is 9.47 Å². The van der Waals surface area contributed by atoms with Crippen LogP contribution < -0.4 is 14.8 Å². The first-order valence-corrected chi connectivity index (χ1v) is 10.7. The molecule has 0 radical (unpaired) electrons. The van der Waals surface area contributed by atoms with Crippen molar-refractivity contribution in [3.63, 3.8) is 0 Å². The number of likely N-dealkylation sites (tertiary alicyclic amines) is 1. The third kappa shape index (κ3) is 7.32. The molecule has 1 aliphatic carbocycles. The Balaban J connectivity index is 1.46. The van der Waals surface area contributed by atoms with Gasteiger partial charge in [-0.2, -0.15) is 0 Å². The fourth-order valence-electron chi connectivity index (χ4n) is 3.72. The Hall–Kier alpha value is -1.30. The zero-order chi connectivity index (χ0) is 18.9. The van der Waals surface area contributed by atoms with Crippen LogP contribution in [0, 0.1) is 5.92 Å². The van der Waals surface area contributed by atoms with E-state index >= 15 is 0 Å². The topological polar surface area (TPSA) is 54.0 Å². The Morgan fingerprint density at radius 3 is 2.56 bits per heavy atom. The predicted octanol–water partition coefficient (Wildman–Crippen LogP) is 3.20. The van der Waals surface area contributed by atoms with E-state index in [1.165, 1.54) is 50.5 Å². The van der Waals surface area contributed by atoms with Gasteiger partial charge >= 0.3 is 0 Å². The van der Waals surface area contributed by atoms with Crippen molar-refractivity contribution in [2.75, 3.05) is 39.9 Å². The molecule has 5 heteroatoms. The molecule has 2 fully saturated rings. The number of nitrogens with zero attached hydrogens (tertiary/aromatic N) is 1. The van der Waals surface area contributed by atoms with Crippen LogP contribution in [0.25, 0.3) is 0 Å². The van der Waals surface area contributed by atoms with Crippen molar-refractivity contribution in [3.05, 3.63) is 23.8 Å². The van der Waals surface area contributed by atoms with Crippen molar-refractivity contribution < 1.29 is 14.6 Å². The van der Waals surface area contributed by atoms with Crippen LogP contribution in [0.15, 0.2) is 18.2 Å². The second kappa shape index (κ2) is 10.9. The van der Waals surface area contributed by atoms with Crippen molar-refractivity contribution in [1.82, 2.24) is 10.2 Å². The molecule has 1 aliphatic heterocycles. The molecule has 1 atom stereocenters. The summed E-state index contributed by atoms with van der Waals surface area (Å²) >= 11 is 0. The molecule has 1 aromatic rings. The van der Waals surface area contributed by atoms with Crippen molar-refractivity contribution in [1.29, 1.82) is 0 Å². The van der Waals surface area contributed by atoms with Crippen molar-refractivity contribution in [2.45, 2.75) is 57.6 Å². The summed E-state index contributed by atoms with van der Waals surface area (Å²) in [6, 6.07) is 6.05. The first-order chi connectivity index (χ1) is 13.2. The van der Waals surface area contributed by atoms with E-state index < -0.39 is 6.10 Å². The number of aliphatic hydroxyl groups excluding tert-OH is 1. The van der Waals surface area contributed by atoms with Gasteiger partial charge in [-0.05, 0) is 68.9 Å². The summed E-state index contributed by atoms with van der Waals surface area (Å²) in [5.74, 6) is 2.31. The summed E-state index contributed by atoms with van der Waals surface area (Å²) in [6.45, 7) is 5.09. The minimum absolute atomic E-state index is 0.297. The fraction of sp³-hybridized carbons (Fsp3) is 0.727. The molecule has 1 saturated carbocycles. The molecular formula is C22H36N2O3. The molecule has 0 amide bonds. The molecule has 0 unspecified atom stereocenters. The standard InChI is InChI=1S/C22H36N2O3/c1-26-21-10-9-19(15-23-14-18-7-8-18)13-22(21)27-17-20(25)16-24-11-5-3-2-4-6-12-24/h9-10,13,18,20,23,25H,2-8,11-12,14-17H2,1H3/t20-/m0/s1. The van der Waals surface area contributed by atoms with Gasteiger partial charge in [0, 0.05) is 13.1 Å². The van der Waals surface area contributed by atoms with Gasteiger partial charge in [-0.1, -0.05) is 25.3 Å². The highest BCUT2D eigenvalue weighted by molar-refractivity contribution is 5.43. The summed E-state index contributed by atoms with van der Waals surface area (Å²) in [4.78, 5) is 2.38. The number of nitrogens with one attached hydrogen (secondary N) is 1. The third-order valence-electron chi connectivity index (χ3n) is 5.54. The van der Waals surface area contributed by atoms with Gasteiger partial charge < -0.3 is 24.8 Å². The summed E-state index contributed by atoms with van der Waals surface area (Å²) in [5, 5.41) is 14.0. The first-order valence-electron chi connectivity index (χ1n) is 10.7. The van der Waals surface area contributed by atoms with Crippen molar-refractivity contribution >= 4 is 0 Å². The van der Waals surface area contributed by atoms with E-state index in [2.05, 4.69) is 16.3 Å². The first kappa shape index (κ1) is 20.4. The van der Waals surface area contributed by atoms with Gasteiger partial charge in [0.15, 0.2) is 11.5 Å². The zero-order valence-corrected chi connectivity index (χ0v) is 16.8. The molecular weight excluding hydrogens is 340 g/mol. The van der Waals surface area contributed by atoms with E-state index in [9.17, 15) is 5.11 Å². The third-order valence-corrected chi connectivity index (χ3v) is 5.54. The normalized spacial score (nSPS) is 19.9. The van der Waals surface area contributed by atoms with Gasteiger partial charge in [0.25, 0.3) is 0 Å². The lowest BCUT2D eigenvalue weighted by molar-refractivity contribution is 0.0644. The van der Waals surface area contributed by atoms with Crippen LogP contribution in [0.5, 0.6) is 11.5 Å². The lowest BCUT2D eigenvalue weighted by Crippen LogP contribution is -2.37. The summed E-state index contributed by atoms with van der Waals surface area (Å²) in [6.07, 6.45) is 8.67. The number of methoxy groups -OCH3 is 1. The number of hydrogen-bond acceptors (Lipinski definition) is 5. The number of β-amino-alcohol motifs (C(OH)–C–C–N with tert-alkyl or cyclic N) is 1. The maximum absolute atomic E-state index is 10.4. The lowest BCUT2D eigenvalue weighted by atomic mass is 10.1. The Morgan fingerprint density at radius 2 is 1.85 bits per heavy atom. The molecule has 0 bridgehead atoms. The van der Waals surface area contributed by atoms with E-state index in [1.54, 1.807) is 7.11 Å². The Bertz CT molecular complexity index is 554. The van der Waals surface area contributed by atoms with Crippen LogP contribution in [-0.2, 0) is 6.54 Å². The number of benzene rings is 1. The van der Waals surface area contributed by atoms with Crippen molar-refractivity contribution in [3.8, 4) is 11.5 Å². The minimum Gasteiger partial charge on any atom is -0.493 e. The van der Waals surface area contributed by atoms with Crippen LogP contribution >= 0.6 is 0 Å². The van der Waals surface area contributed by atoms with E-state index in [0.717, 1.165) is 43.6 Å². The largest absolute Gasteiger partial charge is 0.493 e. The second-order valence-electron chi connectivity index (χ2n) is 8.09. The van der Waals surface area contributed by atoms with Crippen LogP contribution in [0.2, 0.25) is 0 Å². The summed E-state index contributed by atoms with van der Waals surface area (Å²) < 4.78 is 11.4. The highest BCUT2D eigenvalue weighted by Gasteiger charge is 2.20. The van der Waals surface area contributed by atoms with E-state index in [-0.39, 0.29) is 0 Å². The maximum Gasteiger partial charge on any atom is 0.161 e. The van der Waals surface area contributed by atoms with Crippen LogP contribution in [0.4, 0.5) is 0 Å².